The molecule has 0 fully saturated rings. The molecule has 1 aromatic heterocycles. The molecular weight excluding hydrogens is 262 g/mol. The van der Waals surface area contributed by atoms with Gasteiger partial charge in [0.1, 0.15) is 12.2 Å². The second-order valence-corrected chi connectivity index (χ2v) is 4.91. The number of ketones is 1. The van der Waals surface area contributed by atoms with Crippen LogP contribution >= 0.6 is 0 Å². The molecule has 0 aliphatic carbocycles. The molecule has 4 nitrogen and oxygen atoms in total. The zero-order valence-corrected chi connectivity index (χ0v) is 11.7. The average Bonchev–Trinajstić information content (AvgIpc) is 2.97. The van der Waals surface area contributed by atoms with Crippen molar-refractivity contribution in [2.24, 2.45) is 0 Å². The molecule has 0 N–H and O–H groups in total. The van der Waals surface area contributed by atoms with E-state index in [9.17, 15) is 4.79 Å². The molecule has 0 saturated carbocycles. The van der Waals surface area contributed by atoms with E-state index in [4.69, 9.17) is 0 Å². The summed E-state index contributed by atoms with van der Waals surface area (Å²) in [7, 11) is 0. The molecule has 0 radical (unpaired) electrons. The summed E-state index contributed by atoms with van der Waals surface area (Å²) in [6, 6.07) is 17.2. The van der Waals surface area contributed by atoms with Gasteiger partial charge in [-0.3, -0.25) is 4.79 Å². The number of aryl methyl sites for hydroxylation is 1. The molecule has 21 heavy (non-hydrogen) atoms. The van der Waals surface area contributed by atoms with Gasteiger partial charge in [-0.15, -0.1) is 5.10 Å². The van der Waals surface area contributed by atoms with Gasteiger partial charge in [-0.1, -0.05) is 59.8 Å². The molecule has 0 spiro atoms. The molecule has 2 aromatic carbocycles. The Hall–Kier alpha value is -2.75. The Kier molecular flexibility index (Phi) is 3.60. The molecular formula is C17H15N3O. The van der Waals surface area contributed by atoms with Crippen molar-refractivity contribution < 1.29 is 4.79 Å². The van der Waals surface area contributed by atoms with E-state index < -0.39 is 0 Å². The molecule has 1 heterocycles. The summed E-state index contributed by atoms with van der Waals surface area (Å²) in [5, 5.41) is 8.20. The lowest BCUT2D eigenvalue weighted by molar-refractivity contribution is 0.0967. The van der Waals surface area contributed by atoms with Crippen molar-refractivity contribution in [3.63, 3.8) is 0 Å². The Balaban J connectivity index is 1.80. The minimum Gasteiger partial charge on any atom is -0.292 e. The summed E-state index contributed by atoms with van der Waals surface area (Å²) in [5.41, 5.74) is 3.65. The third kappa shape index (κ3) is 2.89. The van der Waals surface area contributed by atoms with Gasteiger partial charge in [-0.05, 0) is 12.5 Å². The van der Waals surface area contributed by atoms with E-state index in [0.29, 0.717) is 5.56 Å². The number of rotatable bonds is 4. The first-order chi connectivity index (χ1) is 10.2. The number of hydrogen-bond donors (Lipinski definition) is 0. The predicted molar refractivity (Wildman–Crippen MR) is 81.0 cm³/mol. The van der Waals surface area contributed by atoms with Crippen LogP contribution in [0, 0.1) is 6.92 Å². The fourth-order valence-corrected chi connectivity index (χ4v) is 2.22. The lowest BCUT2D eigenvalue weighted by Crippen LogP contribution is -2.10. The van der Waals surface area contributed by atoms with Gasteiger partial charge in [0.15, 0.2) is 5.78 Å². The van der Waals surface area contributed by atoms with Crippen LogP contribution in [0.3, 0.4) is 0 Å². The Morgan fingerprint density at radius 3 is 2.52 bits per heavy atom. The maximum Gasteiger partial charge on any atom is 0.184 e. The first-order valence-electron chi connectivity index (χ1n) is 6.78. The number of Topliss-reactive ketones (excluding diaryl/α,β-unsaturated/α-hetero) is 1. The molecule has 3 aromatic rings. The second-order valence-electron chi connectivity index (χ2n) is 4.91. The van der Waals surface area contributed by atoms with Crippen molar-refractivity contribution >= 4 is 5.78 Å². The van der Waals surface area contributed by atoms with E-state index in [-0.39, 0.29) is 12.3 Å². The molecule has 0 amide bonds. The zero-order valence-electron chi connectivity index (χ0n) is 11.7. The van der Waals surface area contributed by atoms with Crippen LogP contribution in [-0.2, 0) is 6.54 Å². The van der Waals surface area contributed by atoms with Gasteiger partial charge in [0.25, 0.3) is 0 Å². The maximum absolute atomic E-state index is 12.1. The minimum absolute atomic E-state index is 0.0248. The van der Waals surface area contributed by atoms with Gasteiger partial charge in [-0.2, -0.15) is 0 Å². The number of carbonyl (C=O) groups is 1. The number of nitrogens with zero attached hydrogens (tertiary/aromatic N) is 3. The normalized spacial score (nSPS) is 10.5. The van der Waals surface area contributed by atoms with E-state index in [1.54, 1.807) is 4.68 Å². The van der Waals surface area contributed by atoms with Gasteiger partial charge in [-0.25, -0.2) is 4.68 Å². The second kappa shape index (κ2) is 5.71. The molecule has 0 saturated heterocycles. The standard InChI is InChI=1S/C17H15N3O/c1-13-7-5-6-10-15(13)16-11-20(19-18-16)12-17(21)14-8-3-2-4-9-14/h2-11H,12H2,1H3. The van der Waals surface area contributed by atoms with Crippen molar-refractivity contribution in [3.05, 3.63) is 71.9 Å². The number of benzene rings is 2. The van der Waals surface area contributed by atoms with E-state index in [2.05, 4.69) is 10.3 Å². The zero-order chi connectivity index (χ0) is 14.7. The van der Waals surface area contributed by atoms with Crippen molar-refractivity contribution in [3.8, 4) is 11.3 Å². The molecule has 0 unspecified atom stereocenters. The van der Waals surface area contributed by atoms with E-state index in [1.807, 2.05) is 67.7 Å². The predicted octanol–water partition coefficient (Wildman–Crippen LogP) is 3.14. The summed E-state index contributed by atoms with van der Waals surface area (Å²) in [6.45, 7) is 2.23. The quantitative estimate of drug-likeness (QED) is 0.688. The number of aromatic nitrogens is 3. The van der Waals surface area contributed by atoms with Gasteiger partial charge in [0, 0.05) is 11.1 Å². The fraction of sp³-hybridized carbons (Fsp3) is 0.118. The SMILES string of the molecule is Cc1ccccc1-c1cn(CC(=O)c2ccccc2)nn1. The smallest absolute Gasteiger partial charge is 0.184 e. The number of carbonyl (C=O) groups excluding carboxylic acids is 1. The largest absolute Gasteiger partial charge is 0.292 e. The Morgan fingerprint density at radius 1 is 1.05 bits per heavy atom. The van der Waals surface area contributed by atoms with Crippen LogP contribution in [0.25, 0.3) is 11.3 Å². The van der Waals surface area contributed by atoms with E-state index in [0.717, 1.165) is 16.8 Å². The molecule has 0 aliphatic heterocycles. The summed E-state index contributed by atoms with van der Waals surface area (Å²) < 4.78 is 1.58. The molecule has 104 valence electrons. The van der Waals surface area contributed by atoms with Crippen molar-refractivity contribution in [1.82, 2.24) is 15.0 Å². The van der Waals surface area contributed by atoms with Crippen LogP contribution in [0.4, 0.5) is 0 Å². The summed E-state index contributed by atoms with van der Waals surface area (Å²) >= 11 is 0. The third-order valence-corrected chi connectivity index (χ3v) is 3.36. The third-order valence-electron chi connectivity index (χ3n) is 3.36. The Morgan fingerprint density at radius 2 is 1.76 bits per heavy atom. The van der Waals surface area contributed by atoms with Crippen LogP contribution in [-0.4, -0.2) is 20.8 Å². The topological polar surface area (TPSA) is 47.8 Å². The highest BCUT2D eigenvalue weighted by molar-refractivity contribution is 5.95. The van der Waals surface area contributed by atoms with Gasteiger partial charge in [0.05, 0.1) is 6.20 Å². The first kappa shape index (κ1) is 13.2. The highest BCUT2D eigenvalue weighted by atomic mass is 16.1. The summed E-state index contributed by atoms with van der Waals surface area (Å²) in [5.74, 6) is 0.0248. The highest BCUT2D eigenvalue weighted by Gasteiger charge is 2.10. The molecule has 4 heteroatoms. The van der Waals surface area contributed by atoms with Crippen molar-refractivity contribution in [2.45, 2.75) is 13.5 Å². The maximum atomic E-state index is 12.1. The first-order valence-corrected chi connectivity index (χ1v) is 6.78. The van der Waals surface area contributed by atoms with Gasteiger partial charge < -0.3 is 0 Å². The lowest BCUT2D eigenvalue weighted by Gasteiger charge is -2.01. The van der Waals surface area contributed by atoms with Crippen LogP contribution in [0.15, 0.2) is 60.8 Å². The summed E-state index contributed by atoms with van der Waals surface area (Å²) in [6.07, 6.45) is 1.81. The van der Waals surface area contributed by atoms with Gasteiger partial charge in [0.2, 0.25) is 0 Å². The highest BCUT2D eigenvalue weighted by Crippen LogP contribution is 2.20. The van der Waals surface area contributed by atoms with Crippen molar-refractivity contribution in [2.75, 3.05) is 0 Å². The number of hydrogen-bond acceptors (Lipinski definition) is 3. The minimum atomic E-state index is 0.0248. The Labute approximate surface area is 123 Å². The average molecular weight is 277 g/mol. The lowest BCUT2D eigenvalue weighted by atomic mass is 10.1. The van der Waals surface area contributed by atoms with E-state index in [1.165, 1.54) is 0 Å². The molecule has 0 aliphatic rings. The van der Waals surface area contributed by atoms with Crippen LogP contribution in [0.1, 0.15) is 15.9 Å². The fourth-order valence-electron chi connectivity index (χ4n) is 2.22. The Bertz CT molecular complexity index is 762. The monoisotopic (exact) mass is 277 g/mol. The molecule has 0 bridgehead atoms. The summed E-state index contributed by atoms with van der Waals surface area (Å²) in [4.78, 5) is 12.1. The molecule has 3 rings (SSSR count). The van der Waals surface area contributed by atoms with Crippen molar-refractivity contribution in [1.29, 1.82) is 0 Å². The van der Waals surface area contributed by atoms with Crippen LogP contribution in [0.5, 0.6) is 0 Å². The van der Waals surface area contributed by atoms with Crippen LogP contribution in [0.2, 0.25) is 0 Å². The van der Waals surface area contributed by atoms with E-state index >= 15 is 0 Å². The van der Waals surface area contributed by atoms with Crippen LogP contribution < -0.4 is 0 Å². The van der Waals surface area contributed by atoms with Gasteiger partial charge >= 0.3 is 0 Å². The molecule has 0 atom stereocenters.